The zero-order chi connectivity index (χ0) is 10.7. The lowest BCUT2D eigenvalue weighted by Gasteiger charge is -2.12. The second kappa shape index (κ2) is 4.56. The molecular formula is C8H8BrNO3S. The lowest BCUT2D eigenvalue weighted by atomic mass is 10.4. The van der Waals surface area contributed by atoms with Gasteiger partial charge in [-0.05, 0) is 22.0 Å². The maximum Gasteiger partial charge on any atom is 0.312 e. The van der Waals surface area contributed by atoms with E-state index in [1.54, 1.807) is 13.1 Å². The Kier molecular flexibility index (Phi) is 3.65. The number of nitrogens with zero attached hydrogens (tertiary/aromatic N) is 1. The number of carbonyl (C=O) groups is 2. The third-order valence-electron chi connectivity index (χ3n) is 1.56. The fourth-order valence-electron chi connectivity index (χ4n) is 0.849. The van der Waals surface area contributed by atoms with Crippen LogP contribution >= 0.6 is 27.3 Å². The number of rotatable bonds is 3. The molecule has 1 rings (SSSR count). The number of thiophene rings is 1. The van der Waals surface area contributed by atoms with Crippen LogP contribution in [0.1, 0.15) is 6.42 Å². The quantitative estimate of drug-likeness (QED) is 0.860. The highest BCUT2D eigenvalue weighted by Crippen LogP contribution is 2.27. The molecule has 1 amide bonds. The Labute approximate surface area is 93.3 Å². The van der Waals surface area contributed by atoms with Crippen molar-refractivity contribution in [2.45, 2.75) is 6.42 Å². The number of carboxylic acid groups (broad SMARTS) is 1. The Bertz CT molecular complexity index is 363. The summed E-state index contributed by atoms with van der Waals surface area (Å²) in [5.74, 6) is -1.54. The largest absolute Gasteiger partial charge is 0.481 e. The molecule has 0 bridgehead atoms. The molecule has 14 heavy (non-hydrogen) atoms. The van der Waals surface area contributed by atoms with Gasteiger partial charge in [0.15, 0.2) is 0 Å². The van der Waals surface area contributed by atoms with Crippen molar-refractivity contribution in [3.8, 4) is 0 Å². The van der Waals surface area contributed by atoms with E-state index in [-0.39, 0.29) is 0 Å². The molecule has 1 aromatic rings. The Morgan fingerprint density at radius 3 is 2.71 bits per heavy atom. The third kappa shape index (κ3) is 2.81. The van der Waals surface area contributed by atoms with Crippen LogP contribution in [0, 0.1) is 0 Å². The monoisotopic (exact) mass is 277 g/mol. The first-order valence-electron chi connectivity index (χ1n) is 3.73. The fraction of sp³-hybridized carbons (Fsp3) is 0.250. The van der Waals surface area contributed by atoms with Crippen LogP contribution in [0.15, 0.2) is 15.9 Å². The van der Waals surface area contributed by atoms with Gasteiger partial charge in [0.1, 0.15) is 6.42 Å². The molecule has 0 aliphatic rings. The molecule has 0 atom stereocenters. The highest BCUT2D eigenvalue weighted by molar-refractivity contribution is 9.10. The molecule has 76 valence electrons. The number of amides is 1. The normalized spacial score (nSPS) is 9.86. The molecule has 4 nitrogen and oxygen atoms in total. The number of carbonyl (C=O) groups excluding carboxylic acids is 1. The van der Waals surface area contributed by atoms with E-state index in [4.69, 9.17) is 5.11 Å². The molecule has 6 heteroatoms. The summed E-state index contributed by atoms with van der Waals surface area (Å²) in [5, 5.41) is 11.0. The van der Waals surface area contributed by atoms with Gasteiger partial charge in [0.05, 0.1) is 5.00 Å². The molecule has 1 N–H and O–H groups in total. The number of aliphatic carboxylic acids is 1. The molecule has 0 aromatic carbocycles. The molecule has 0 saturated carbocycles. The van der Waals surface area contributed by atoms with Crippen molar-refractivity contribution in [3.63, 3.8) is 0 Å². The summed E-state index contributed by atoms with van der Waals surface area (Å²) in [6.07, 6.45) is -0.480. The summed E-state index contributed by atoms with van der Waals surface area (Å²) in [4.78, 5) is 22.9. The predicted molar refractivity (Wildman–Crippen MR) is 57.7 cm³/mol. The molecule has 0 unspecified atom stereocenters. The van der Waals surface area contributed by atoms with Crippen LogP contribution in [0.5, 0.6) is 0 Å². The summed E-state index contributed by atoms with van der Waals surface area (Å²) < 4.78 is 0.882. The van der Waals surface area contributed by atoms with Gasteiger partial charge in [0, 0.05) is 16.9 Å². The van der Waals surface area contributed by atoms with Crippen molar-refractivity contribution >= 4 is 44.1 Å². The van der Waals surface area contributed by atoms with Gasteiger partial charge in [-0.3, -0.25) is 9.59 Å². The molecular weight excluding hydrogens is 270 g/mol. The van der Waals surface area contributed by atoms with Crippen LogP contribution in [0.25, 0.3) is 0 Å². The summed E-state index contributed by atoms with van der Waals surface area (Å²) >= 11 is 4.63. The van der Waals surface area contributed by atoms with E-state index in [2.05, 4.69) is 15.9 Å². The molecule has 0 aliphatic heterocycles. The molecule has 0 aliphatic carbocycles. The molecule has 1 heterocycles. The Morgan fingerprint density at radius 1 is 1.64 bits per heavy atom. The van der Waals surface area contributed by atoms with E-state index in [0.717, 1.165) is 9.47 Å². The number of anilines is 1. The smallest absolute Gasteiger partial charge is 0.312 e. The van der Waals surface area contributed by atoms with Crippen molar-refractivity contribution in [2.24, 2.45) is 0 Å². The number of halogens is 1. The Morgan fingerprint density at radius 2 is 2.29 bits per heavy atom. The van der Waals surface area contributed by atoms with Gasteiger partial charge in [0.25, 0.3) is 0 Å². The Balaban J connectivity index is 2.70. The summed E-state index contributed by atoms with van der Waals surface area (Å²) in [6, 6.07) is 1.77. The molecule has 0 saturated heterocycles. The second-order valence-corrected chi connectivity index (χ2v) is 4.43. The van der Waals surface area contributed by atoms with Crippen LogP contribution < -0.4 is 4.90 Å². The minimum atomic E-state index is -1.11. The first kappa shape index (κ1) is 11.2. The van der Waals surface area contributed by atoms with Gasteiger partial charge in [-0.1, -0.05) is 0 Å². The maximum absolute atomic E-state index is 11.3. The summed E-state index contributed by atoms with van der Waals surface area (Å²) in [7, 11) is 1.56. The molecule has 0 radical (unpaired) electrons. The molecule has 0 spiro atoms. The minimum absolute atomic E-state index is 0.424. The van der Waals surface area contributed by atoms with Crippen LogP contribution in [0.4, 0.5) is 5.00 Å². The Hall–Kier alpha value is -0.880. The summed E-state index contributed by atoms with van der Waals surface area (Å²) in [6.45, 7) is 0. The van der Waals surface area contributed by atoms with Gasteiger partial charge in [0.2, 0.25) is 5.91 Å². The van der Waals surface area contributed by atoms with Gasteiger partial charge >= 0.3 is 5.97 Å². The number of carboxylic acids is 1. The van der Waals surface area contributed by atoms with Gasteiger partial charge in [-0.25, -0.2) is 0 Å². The predicted octanol–water partition coefficient (Wildman–Crippen LogP) is 1.95. The SMILES string of the molecule is CN(C(=O)CC(=O)O)c1cc(Br)cs1. The van der Waals surface area contributed by atoms with Crippen LogP contribution in [0.3, 0.4) is 0 Å². The molecule has 1 aromatic heterocycles. The average Bonchev–Trinajstić information content (AvgIpc) is 2.49. The third-order valence-corrected chi connectivity index (χ3v) is 3.33. The molecule has 0 fully saturated rings. The number of hydrogen-bond acceptors (Lipinski definition) is 3. The van der Waals surface area contributed by atoms with Crippen molar-refractivity contribution in [3.05, 3.63) is 15.9 Å². The van der Waals surface area contributed by atoms with Crippen LogP contribution in [-0.4, -0.2) is 24.0 Å². The van der Waals surface area contributed by atoms with E-state index in [9.17, 15) is 9.59 Å². The average molecular weight is 278 g/mol. The van der Waals surface area contributed by atoms with Crippen molar-refractivity contribution in [2.75, 3.05) is 11.9 Å². The highest BCUT2D eigenvalue weighted by Gasteiger charge is 2.15. The first-order valence-corrected chi connectivity index (χ1v) is 5.40. The van der Waals surface area contributed by atoms with E-state index in [0.29, 0.717) is 0 Å². The lowest BCUT2D eigenvalue weighted by Crippen LogP contribution is -2.27. The van der Waals surface area contributed by atoms with Crippen LogP contribution in [0.2, 0.25) is 0 Å². The summed E-state index contributed by atoms with van der Waals surface area (Å²) in [5.41, 5.74) is 0. The maximum atomic E-state index is 11.3. The first-order chi connectivity index (χ1) is 6.50. The van der Waals surface area contributed by atoms with E-state index in [1.807, 2.05) is 5.38 Å². The number of hydrogen-bond donors (Lipinski definition) is 1. The highest BCUT2D eigenvalue weighted by atomic mass is 79.9. The van der Waals surface area contributed by atoms with Gasteiger partial charge < -0.3 is 10.0 Å². The zero-order valence-corrected chi connectivity index (χ0v) is 9.76. The van der Waals surface area contributed by atoms with Crippen molar-refractivity contribution in [1.82, 2.24) is 0 Å². The fourth-order valence-corrected chi connectivity index (χ4v) is 2.25. The van der Waals surface area contributed by atoms with E-state index in [1.165, 1.54) is 16.2 Å². The van der Waals surface area contributed by atoms with E-state index < -0.39 is 18.3 Å². The zero-order valence-electron chi connectivity index (χ0n) is 7.36. The van der Waals surface area contributed by atoms with E-state index >= 15 is 0 Å². The van der Waals surface area contributed by atoms with Gasteiger partial charge in [-0.15, -0.1) is 11.3 Å². The minimum Gasteiger partial charge on any atom is -0.481 e. The van der Waals surface area contributed by atoms with Crippen molar-refractivity contribution in [1.29, 1.82) is 0 Å². The lowest BCUT2D eigenvalue weighted by molar-refractivity contribution is -0.140. The standard InChI is InChI=1S/C8H8BrNO3S/c1-10(6(11)3-8(12)13)7-2-5(9)4-14-7/h2,4H,3H2,1H3,(H,12,13). The van der Waals surface area contributed by atoms with Crippen LogP contribution in [-0.2, 0) is 9.59 Å². The topological polar surface area (TPSA) is 57.6 Å². The van der Waals surface area contributed by atoms with Crippen molar-refractivity contribution < 1.29 is 14.7 Å². The van der Waals surface area contributed by atoms with Gasteiger partial charge in [-0.2, -0.15) is 0 Å². The second-order valence-electron chi connectivity index (χ2n) is 2.63.